The topological polar surface area (TPSA) is 29.5 Å². The summed E-state index contributed by atoms with van der Waals surface area (Å²) >= 11 is 5.38. The number of Topliss-reactive ketones (excluding diaryl/α,β-unsaturated/α-hetero) is 1. The lowest BCUT2D eigenvalue weighted by Crippen LogP contribution is -2.35. The Kier molecular flexibility index (Phi) is 3.48. The lowest BCUT2D eigenvalue weighted by molar-refractivity contribution is 0.0917. The molecule has 0 atom stereocenters. The van der Waals surface area contributed by atoms with E-state index >= 15 is 0 Å². The van der Waals surface area contributed by atoms with Crippen molar-refractivity contribution < 1.29 is 9.53 Å². The van der Waals surface area contributed by atoms with Gasteiger partial charge in [0.05, 0.1) is 22.6 Å². The van der Waals surface area contributed by atoms with E-state index in [9.17, 15) is 4.79 Å². The van der Waals surface area contributed by atoms with Crippen LogP contribution in [0.25, 0.3) is 0 Å². The average Bonchev–Trinajstić information content (AvgIpc) is 2.67. The Morgan fingerprint density at radius 2 is 1.95 bits per heavy atom. The molecular formula is C14H18BrNO2S. The van der Waals surface area contributed by atoms with Crippen LogP contribution in [0.15, 0.2) is 4.47 Å². The first-order valence-electron chi connectivity index (χ1n) is 6.65. The quantitative estimate of drug-likeness (QED) is 0.781. The smallest absolute Gasteiger partial charge is 0.173 e. The standard InChI is InChI=1S/C14H18BrNO2S/c1-14(2)7-9-11(15)13(16-3-5-18-6-4-16)19-12(9)10(17)8-14/h3-8H2,1-2H3. The maximum Gasteiger partial charge on any atom is 0.173 e. The van der Waals surface area contributed by atoms with E-state index < -0.39 is 0 Å². The minimum atomic E-state index is 0.0793. The Bertz CT molecular complexity index is 518. The van der Waals surface area contributed by atoms with Crippen molar-refractivity contribution in [3.8, 4) is 0 Å². The number of hydrogen-bond donors (Lipinski definition) is 0. The fourth-order valence-electron chi connectivity index (χ4n) is 2.84. The number of nitrogens with zero attached hydrogens (tertiary/aromatic N) is 1. The highest BCUT2D eigenvalue weighted by Gasteiger charge is 2.35. The molecule has 3 nitrogen and oxygen atoms in total. The van der Waals surface area contributed by atoms with E-state index in [1.54, 1.807) is 11.3 Å². The van der Waals surface area contributed by atoms with Gasteiger partial charge in [-0.2, -0.15) is 0 Å². The van der Waals surface area contributed by atoms with Crippen LogP contribution in [0.4, 0.5) is 5.00 Å². The van der Waals surface area contributed by atoms with Crippen LogP contribution in [0.1, 0.15) is 35.5 Å². The van der Waals surface area contributed by atoms with Gasteiger partial charge in [-0.15, -0.1) is 11.3 Å². The summed E-state index contributed by atoms with van der Waals surface area (Å²) in [7, 11) is 0. The SMILES string of the molecule is CC1(C)CC(=O)c2sc(N3CCOCC3)c(Br)c2C1. The zero-order valence-electron chi connectivity index (χ0n) is 11.3. The normalized spacial score (nSPS) is 22.5. The summed E-state index contributed by atoms with van der Waals surface area (Å²) in [5.41, 5.74) is 1.29. The Morgan fingerprint density at radius 1 is 1.26 bits per heavy atom. The van der Waals surface area contributed by atoms with Crippen LogP contribution in [0.2, 0.25) is 0 Å². The van der Waals surface area contributed by atoms with Crippen LogP contribution in [0.5, 0.6) is 0 Å². The monoisotopic (exact) mass is 343 g/mol. The van der Waals surface area contributed by atoms with E-state index in [0.717, 1.165) is 42.1 Å². The third kappa shape index (κ3) is 2.48. The number of carbonyl (C=O) groups excluding carboxylic acids is 1. The van der Waals surface area contributed by atoms with E-state index in [2.05, 4.69) is 34.7 Å². The Labute approximate surface area is 126 Å². The summed E-state index contributed by atoms with van der Waals surface area (Å²) in [6, 6.07) is 0. The summed E-state index contributed by atoms with van der Waals surface area (Å²) in [5.74, 6) is 0.302. The van der Waals surface area contributed by atoms with E-state index in [0.29, 0.717) is 12.2 Å². The summed E-state index contributed by atoms with van der Waals surface area (Å²) < 4.78 is 6.53. The molecule has 2 aliphatic rings. The van der Waals surface area contributed by atoms with E-state index in [1.807, 2.05) is 0 Å². The average molecular weight is 344 g/mol. The second-order valence-corrected chi connectivity index (χ2v) is 7.86. The lowest BCUT2D eigenvalue weighted by Gasteiger charge is -2.29. The van der Waals surface area contributed by atoms with Gasteiger partial charge in [0.25, 0.3) is 0 Å². The van der Waals surface area contributed by atoms with Crippen LogP contribution in [0, 0.1) is 5.41 Å². The summed E-state index contributed by atoms with van der Waals surface area (Å²) in [5, 5.41) is 1.21. The maximum absolute atomic E-state index is 12.3. The van der Waals surface area contributed by atoms with Gasteiger partial charge in [-0.1, -0.05) is 13.8 Å². The van der Waals surface area contributed by atoms with Crippen LogP contribution < -0.4 is 4.90 Å². The maximum atomic E-state index is 12.3. The molecule has 1 saturated heterocycles. The fraction of sp³-hybridized carbons (Fsp3) is 0.643. The Hall–Kier alpha value is -0.390. The van der Waals surface area contributed by atoms with Crippen molar-refractivity contribution >= 4 is 38.1 Å². The highest BCUT2D eigenvalue weighted by molar-refractivity contribution is 9.10. The van der Waals surface area contributed by atoms with E-state index in [-0.39, 0.29) is 5.41 Å². The third-order valence-corrected chi connectivity index (χ3v) is 6.22. The number of morpholine rings is 1. The molecule has 1 aliphatic heterocycles. The van der Waals surface area contributed by atoms with Crippen LogP contribution in [-0.2, 0) is 11.2 Å². The van der Waals surface area contributed by atoms with Gasteiger partial charge in [-0.25, -0.2) is 0 Å². The molecule has 0 N–H and O–H groups in total. The highest BCUT2D eigenvalue weighted by Crippen LogP contribution is 2.47. The number of thiophene rings is 1. The van der Waals surface area contributed by atoms with Gasteiger partial charge in [0.15, 0.2) is 5.78 Å². The molecule has 0 spiro atoms. The number of hydrogen-bond acceptors (Lipinski definition) is 4. The zero-order chi connectivity index (χ0) is 13.6. The predicted octanol–water partition coefficient (Wildman–Crippen LogP) is 3.50. The molecule has 2 heterocycles. The molecule has 0 amide bonds. The minimum absolute atomic E-state index is 0.0793. The Balaban J connectivity index is 1.99. The molecule has 0 aromatic carbocycles. The van der Waals surface area contributed by atoms with Crippen LogP contribution in [-0.4, -0.2) is 32.1 Å². The minimum Gasteiger partial charge on any atom is -0.378 e. The first-order valence-corrected chi connectivity index (χ1v) is 8.26. The fourth-order valence-corrected chi connectivity index (χ4v) is 5.01. The van der Waals surface area contributed by atoms with Crippen molar-refractivity contribution in [2.45, 2.75) is 26.7 Å². The van der Waals surface area contributed by atoms with Gasteiger partial charge in [0.2, 0.25) is 0 Å². The van der Waals surface area contributed by atoms with Gasteiger partial charge in [-0.3, -0.25) is 4.79 Å². The van der Waals surface area contributed by atoms with Gasteiger partial charge < -0.3 is 9.64 Å². The molecule has 104 valence electrons. The zero-order valence-corrected chi connectivity index (χ0v) is 13.7. The molecule has 1 aromatic rings. The van der Waals surface area contributed by atoms with Crippen molar-refractivity contribution in [3.05, 3.63) is 14.9 Å². The number of rotatable bonds is 1. The molecule has 1 aromatic heterocycles. The van der Waals surface area contributed by atoms with Crippen molar-refractivity contribution in [3.63, 3.8) is 0 Å². The number of anilines is 1. The number of halogens is 1. The van der Waals surface area contributed by atoms with Crippen molar-refractivity contribution in [1.29, 1.82) is 0 Å². The van der Waals surface area contributed by atoms with Crippen molar-refractivity contribution in [2.75, 3.05) is 31.2 Å². The van der Waals surface area contributed by atoms with Crippen LogP contribution >= 0.6 is 27.3 Å². The summed E-state index contributed by atoms with van der Waals surface area (Å²) in [6.45, 7) is 7.72. The molecule has 3 rings (SSSR count). The summed E-state index contributed by atoms with van der Waals surface area (Å²) in [6.07, 6.45) is 1.64. The molecule has 1 aliphatic carbocycles. The van der Waals surface area contributed by atoms with Crippen molar-refractivity contribution in [1.82, 2.24) is 0 Å². The molecule has 0 saturated carbocycles. The lowest BCUT2D eigenvalue weighted by atomic mass is 9.76. The van der Waals surface area contributed by atoms with E-state index in [1.165, 1.54) is 10.6 Å². The van der Waals surface area contributed by atoms with E-state index in [4.69, 9.17) is 4.74 Å². The predicted molar refractivity (Wildman–Crippen MR) is 81.5 cm³/mol. The molecule has 5 heteroatoms. The number of carbonyl (C=O) groups is 1. The molecule has 1 fully saturated rings. The van der Waals surface area contributed by atoms with Gasteiger partial charge in [0, 0.05) is 19.5 Å². The van der Waals surface area contributed by atoms with Gasteiger partial charge in [-0.05, 0) is 33.3 Å². The first kappa shape index (κ1) is 13.6. The number of ether oxygens (including phenoxy) is 1. The van der Waals surface area contributed by atoms with Gasteiger partial charge in [0.1, 0.15) is 5.00 Å². The molecule has 0 unspecified atom stereocenters. The highest BCUT2D eigenvalue weighted by atomic mass is 79.9. The van der Waals surface area contributed by atoms with Gasteiger partial charge >= 0.3 is 0 Å². The molecule has 19 heavy (non-hydrogen) atoms. The van der Waals surface area contributed by atoms with Crippen LogP contribution in [0.3, 0.4) is 0 Å². The molecule has 0 radical (unpaired) electrons. The second kappa shape index (κ2) is 4.86. The molecular weight excluding hydrogens is 326 g/mol. The van der Waals surface area contributed by atoms with Crippen molar-refractivity contribution in [2.24, 2.45) is 5.41 Å². The Morgan fingerprint density at radius 3 is 2.63 bits per heavy atom. The second-order valence-electron chi connectivity index (χ2n) is 6.07. The third-order valence-electron chi connectivity index (χ3n) is 3.77. The number of ketones is 1. The largest absolute Gasteiger partial charge is 0.378 e. The summed E-state index contributed by atoms with van der Waals surface area (Å²) in [4.78, 5) is 15.6. The first-order chi connectivity index (χ1) is 8.98. The molecule has 0 bridgehead atoms. The number of fused-ring (bicyclic) bond motifs is 1.